The van der Waals surface area contributed by atoms with Crippen LogP contribution in [0, 0.1) is 11.3 Å². The van der Waals surface area contributed by atoms with E-state index >= 15 is 0 Å². The fraction of sp³-hybridized carbons (Fsp3) is 0.308. The Morgan fingerprint density at radius 2 is 2.00 bits per heavy atom. The van der Waals surface area contributed by atoms with Gasteiger partial charge in [-0.15, -0.1) is 0 Å². The van der Waals surface area contributed by atoms with Gasteiger partial charge in [-0.25, -0.2) is 9.50 Å². The van der Waals surface area contributed by atoms with E-state index in [1.807, 2.05) is 42.5 Å². The van der Waals surface area contributed by atoms with Crippen molar-refractivity contribution in [1.29, 1.82) is 5.26 Å². The van der Waals surface area contributed by atoms with Crippen LogP contribution in [0.5, 0.6) is 5.75 Å². The minimum absolute atomic E-state index is 0.167. The lowest BCUT2D eigenvalue weighted by Crippen LogP contribution is -2.41. The van der Waals surface area contributed by atoms with Gasteiger partial charge in [0.1, 0.15) is 48.6 Å². The smallest absolute Gasteiger partial charge is 0.313 e. The molecule has 4 aromatic rings. The fourth-order valence-electron chi connectivity index (χ4n) is 4.61. The predicted octanol–water partition coefficient (Wildman–Crippen LogP) is 1.66. The molecule has 0 radical (unpaired) electrons. The van der Waals surface area contributed by atoms with Crippen molar-refractivity contribution in [2.45, 2.75) is 36.8 Å². The highest BCUT2D eigenvalue weighted by Crippen LogP contribution is 2.40. The molecule has 1 saturated heterocycles. The Balaban J connectivity index is 1.32. The van der Waals surface area contributed by atoms with Crippen LogP contribution in [0.1, 0.15) is 24.1 Å². The molecule has 1 fully saturated rings. The number of hydrogen-bond acceptors (Lipinski definition) is 10. The molecule has 4 N–H and O–H groups in total. The molecule has 11 heteroatoms. The maximum absolute atomic E-state index is 12.9. The second kappa shape index (κ2) is 9.33. The highest BCUT2D eigenvalue weighted by molar-refractivity contribution is 5.86. The van der Waals surface area contributed by atoms with Gasteiger partial charge in [0.25, 0.3) is 0 Å². The zero-order valence-electron chi connectivity index (χ0n) is 20.1. The average molecular weight is 504 g/mol. The van der Waals surface area contributed by atoms with E-state index in [1.165, 1.54) is 16.9 Å². The number of nitrogens with zero attached hydrogens (tertiary/aromatic N) is 4. The van der Waals surface area contributed by atoms with Gasteiger partial charge in [-0.2, -0.15) is 10.4 Å². The lowest BCUT2D eigenvalue weighted by Gasteiger charge is -2.24. The number of anilines is 1. The molecule has 0 aliphatic carbocycles. The van der Waals surface area contributed by atoms with Crippen molar-refractivity contribution in [2.24, 2.45) is 0 Å². The summed E-state index contributed by atoms with van der Waals surface area (Å²) in [5, 5.41) is 37.5. The molecule has 2 aromatic carbocycles. The van der Waals surface area contributed by atoms with Crippen LogP contribution in [-0.4, -0.2) is 62.8 Å². The molecule has 5 rings (SSSR count). The highest BCUT2D eigenvalue weighted by atomic mass is 16.6. The first-order valence-corrected chi connectivity index (χ1v) is 11.6. The van der Waals surface area contributed by atoms with Gasteiger partial charge in [0.2, 0.25) is 5.60 Å². The van der Waals surface area contributed by atoms with E-state index in [-0.39, 0.29) is 18.1 Å². The van der Waals surface area contributed by atoms with Crippen LogP contribution in [-0.2, 0) is 19.9 Å². The Bertz CT molecular complexity index is 1530. The SMILES string of the molecule is COc1ccc2cc([C@H](C)C(=O)OC[C@H]3O[C@@](C#N)(c4ccc5c(N)ncnn45)[C@H](O)[C@@H]3O)ccc2c1. The van der Waals surface area contributed by atoms with Crippen molar-refractivity contribution >= 4 is 28.1 Å². The van der Waals surface area contributed by atoms with Gasteiger partial charge in [0, 0.05) is 0 Å². The van der Waals surface area contributed by atoms with E-state index < -0.39 is 35.8 Å². The van der Waals surface area contributed by atoms with Gasteiger partial charge in [-0.3, -0.25) is 4.79 Å². The molecule has 2 aromatic heterocycles. The number of nitriles is 1. The molecule has 190 valence electrons. The number of carbonyl (C=O) groups excluding carboxylic acids is 1. The predicted molar refractivity (Wildman–Crippen MR) is 131 cm³/mol. The van der Waals surface area contributed by atoms with Gasteiger partial charge < -0.3 is 30.2 Å². The molecule has 5 atom stereocenters. The molecule has 1 aliphatic rings. The first-order chi connectivity index (χ1) is 17.8. The largest absolute Gasteiger partial charge is 0.497 e. The van der Waals surface area contributed by atoms with Crippen molar-refractivity contribution in [3.63, 3.8) is 0 Å². The minimum Gasteiger partial charge on any atom is -0.497 e. The summed E-state index contributed by atoms with van der Waals surface area (Å²) < 4.78 is 17.9. The molecule has 0 bridgehead atoms. The monoisotopic (exact) mass is 503 g/mol. The number of rotatable bonds is 6. The zero-order valence-corrected chi connectivity index (χ0v) is 20.1. The number of esters is 1. The molecule has 37 heavy (non-hydrogen) atoms. The standard InChI is InChI=1S/C26H25N5O6/c1-14(15-3-4-17-10-18(35-2)6-5-16(17)9-15)25(34)36-11-20-22(32)23(33)26(12-27,37-20)21-8-7-19-24(28)29-13-30-31(19)21/h3-10,13-14,20,22-23,32-33H,11H2,1-2H3,(H2,28,29,30)/t14-,20+,22+,23+,26-/m0/s1. The van der Waals surface area contributed by atoms with E-state index in [2.05, 4.69) is 10.1 Å². The third kappa shape index (κ3) is 4.01. The summed E-state index contributed by atoms with van der Waals surface area (Å²) in [4.78, 5) is 16.8. The number of aromatic nitrogens is 3. The zero-order chi connectivity index (χ0) is 26.3. The Morgan fingerprint density at radius 3 is 2.76 bits per heavy atom. The van der Waals surface area contributed by atoms with Crippen LogP contribution in [0.4, 0.5) is 5.82 Å². The maximum Gasteiger partial charge on any atom is 0.313 e. The summed E-state index contributed by atoms with van der Waals surface area (Å²) >= 11 is 0. The van der Waals surface area contributed by atoms with Crippen LogP contribution < -0.4 is 10.5 Å². The van der Waals surface area contributed by atoms with E-state index in [1.54, 1.807) is 20.1 Å². The number of carbonyl (C=O) groups is 1. The molecule has 0 spiro atoms. The van der Waals surface area contributed by atoms with Crippen LogP contribution >= 0.6 is 0 Å². The van der Waals surface area contributed by atoms with Crippen LogP contribution in [0.25, 0.3) is 16.3 Å². The lowest BCUT2D eigenvalue weighted by atomic mass is 9.92. The van der Waals surface area contributed by atoms with Gasteiger partial charge in [-0.05, 0) is 47.5 Å². The number of nitrogens with two attached hydrogens (primary N) is 1. The molecule has 0 unspecified atom stereocenters. The molecule has 11 nitrogen and oxygen atoms in total. The van der Waals surface area contributed by atoms with Crippen LogP contribution in [0.3, 0.4) is 0 Å². The Hall–Kier alpha value is -4.24. The topological polar surface area (TPSA) is 165 Å². The van der Waals surface area contributed by atoms with Crippen molar-refractivity contribution in [2.75, 3.05) is 19.5 Å². The molecule has 1 aliphatic heterocycles. The normalized spacial score (nSPS) is 24.1. The van der Waals surface area contributed by atoms with Crippen molar-refractivity contribution in [3.05, 3.63) is 66.1 Å². The first kappa shape index (κ1) is 24.5. The molecular formula is C26H25N5O6. The van der Waals surface area contributed by atoms with E-state index in [9.17, 15) is 20.3 Å². The molecule has 0 amide bonds. The number of aliphatic hydroxyl groups excluding tert-OH is 2. The van der Waals surface area contributed by atoms with E-state index in [4.69, 9.17) is 19.9 Å². The quantitative estimate of drug-likeness (QED) is 0.329. The first-order valence-electron chi connectivity index (χ1n) is 11.6. The summed E-state index contributed by atoms with van der Waals surface area (Å²) in [6.07, 6.45) is -3.08. The van der Waals surface area contributed by atoms with Gasteiger partial charge in [-0.1, -0.05) is 24.3 Å². The second-order valence-corrected chi connectivity index (χ2v) is 8.92. The third-order valence-electron chi connectivity index (χ3n) is 6.80. The number of aliphatic hydroxyl groups is 2. The number of methoxy groups -OCH3 is 1. The Morgan fingerprint density at radius 1 is 1.24 bits per heavy atom. The summed E-state index contributed by atoms with van der Waals surface area (Å²) in [5.74, 6) is -0.233. The maximum atomic E-state index is 12.9. The fourth-order valence-corrected chi connectivity index (χ4v) is 4.61. The van der Waals surface area contributed by atoms with E-state index in [0.29, 0.717) is 5.52 Å². The summed E-state index contributed by atoms with van der Waals surface area (Å²) in [6.45, 7) is 1.35. The summed E-state index contributed by atoms with van der Waals surface area (Å²) in [6, 6.07) is 16.4. The van der Waals surface area contributed by atoms with Gasteiger partial charge in [0.15, 0.2) is 5.82 Å². The second-order valence-electron chi connectivity index (χ2n) is 8.92. The van der Waals surface area contributed by atoms with Gasteiger partial charge in [0.05, 0.1) is 18.7 Å². The number of benzene rings is 2. The number of hydrogen-bond donors (Lipinski definition) is 3. The van der Waals surface area contributed by atoms with Crippen molar-refractivity contribution < 1.29 is 29.2 Å². The summed E-state index contributed by atoms with van der Waals surface area (Å²) in [7, 11) is 1.60. The number of nitrogen functional groups attached to an aromatic ring is 1. The van der Waals surface area contributed by atoms with Crippen molar-refractivity contribution in [3.8, 4) is 11.8 Å². The van der Waals surface area contributed by atoms with Crippen molar-refractivity contribution in [1.82, 2.24) is 14.6 Å². The number of ether oxygens (including phenoxy) is 3. The van der Waals surface area contributed by atoms with Crippen LogP contribution in [0.2, 0.25) is 0 Å². The lowest BCUT2D eigenvalue weighted by molar-refractivity contribution is -0.152. The van der Waals surface area contributed by atoms with Crippen LogP contribution in [0.15, 0.2) is 54.9 Å². The summed E-state index contributed by atoms with van der Waals surface area (Å²) in [5.41, 5.74) is 5.24. The Labute approximate surface area is 211 Å². The highest BCUT2D eigenvalue weighted by Gasteiger charge is 2.57. The third-order valence-corrected chi connectivity index (χ3v) is 6.80. The molecular weight excluding hydrogens is 478 g/mol. The Kier molecular flexibility index (Phi) is 6.16. The minimum atomic E-state index is -1.96. The molecule has 3 heterocycles. The van der Waals surface area contributed by atoms with Gasteiger partial charge >= 0.3 is 5.97 Å². The molecule has 0 saturated carbocycles. The number of fused-ring (bicyclic) bond motifs is 2. The average Bonchev–Trinajstić information content (AvgIpc) is 3.47. The van der Waals surface area contributed by atoms with E-state index in [0.717, 1.165) is 22.1 Å².